The normalized spacial score (nSPS) is 20.3. The van der Waals surface area contributed by atoms with Gasteiger partial charge in [-0.2, -0.15) is 0 Å². The molecule has 1 aliphatic rings. The number of aromatic nitrogens is 1. The average Bonchev–Trinajstić information content (AvgIpc) is 2.82. The molecular weight excluding hydrogens is 353 g/mol. The van der Waals surface area contributed by atoms with Crippen molar-refractivity contribution in [1.29, 1.82) is 0 Å². The summed E-state index contributed by atoms with van der Waals surface area (Å²) in [5, 5.41) is 0.230. The Morgan fingerprint density at radius 2 is 1.85 bits per heavy atom. The molecule has 1 aromatic heterocycles. The summed E-state index contributed by atoms with van der Waals surface area (Å²) in [6.45, 7) is 5.51. The zero-order valence-corrected chi connectivity index (χ0v) is 15.6. The lowest BCUT2D eigenvalue weighted by Crippen LogP contribution is -2.17. The molecule has 3 nitrogen and oxygen atoms in total. The van der Waals surface area contributed by atoms with Gasteiger partial charge in [-0.05, 0) is 55.7 Å². The maximum Gasteiger partial charge on any atom is 0.155 e. The van der Waals surface area contributed by atoms with Crippen molar-refractivity contribution in [3.63, 3.8) is 0 Å². The topological polar surface area (TPSA) is 47.0 Å². The number of hydrogen-bond donors (Lipinski definition) is 0. The molecule has 1 heterocycles. The molecule has 1 aliphatic carbocycles. The number of ketones is 2. The first kappa shape index (κ1) is 18.5. The Morgan fingerprint density at radius 1 is 1.19 bits per heavy atom. The number of Topliss-reactive ketones (excluding diaryl/α,β-unsaturated/α-hetero) is 2. The fourth-order valence-electron chi connectivity index (χ4n) is 3.70. The van der Waals surface area contributed by atoms with Gasteiger partial charge in [-0.1, -0.05) is 23.8 Å². The fraction of sp³-hybridized carbons (Fsp3) is 0.286. The second-order valence-electron chi connectivity index (χ2n) is 6.65. The van der Waals surface area contributed by atoms with Crippen molar-refractivity contribution in [2.24, 2.45) is 5.92 Å². The van der Waals surface area contributed by atoms with E-state index in [1.165, 1.54) is 12.3 Å². The molecular formula is C21H19ClFNO2. The molecule has 26 heavy (non-hydrogen) atoms. The van der Waals surface area contributed by atoms with Crippen LogP contribution in [-0.2, 0) is 9.59 Å². The number of carbonyl (C=O) groups excluding carboxylic acids is 2. The highest BCUT2D eigenvalue weighted by atomic mass is 35.5. The highest BCUT2D eigenvalue weighted by molar-refractivity contribution is 6.30. The third kappa shape index (κ3) is 3.21. The summed E-state index contributed by atoms with van der Waals surface area (Å²) in [6, 6.07) is 4.75. The Balaban J connectivity index is 2.06. The van der Waals surface area contributed by atoms with Crippen LogP contribution < -0.4 is 0 Å². The van der Waals surface area contributed by atoms with E-state index >= 15 is 0 Å². The molecule has 0 amide bonds. The zero-order chi connectivity index (χ0) is 19.0. The highest BCUT2D eigenvalue weighted by Crippen LogP contribution is 2.38. The number of halogens is 2. The van der Waals surface area contributed by atoms with Crippen LogP contribution >= 0.6 is 11.6 Å². The maximum absolute atomic E-state index is 14.2. The first-order valence-electron chi connectivity index (χ1n) is 8.45. The molecule has 0 bridgehead atoms. The monoisotopic (exact) mass is 371 g/mol. The van der Waals surface area contributed by atoms with E-state index in [9.17, 15) is 14.0 Å². The summed E-state index contributed by atoms with van der Waals surface area (Å²) in [4.78, 5) is 29.3. The largest absolute Gasteiger partial charge is 0.298 e. The Bertz CT molecular complexity index is 913. The summed E-state index contributed by atoms with van der Waals surface area (Å²) in [6.07, 6.45) is 5.22. The Morgan fingerprint density at radius 3 is 2.42 bits per heavy atom. The van der Waals surface area contributed by atoms with Gasteiger partial charge in [0.2, 0.25) is 0 Å². The Hall–Kier alpha value is -2.33. The summed E-state index contributed by atoms with van der Waals surface area (Å²) in [7, 11) is 0. The Labute approximate surface area is 156 Å². The number of aryl methyl sites for hydroxylation is 2. The van der Waals surface area contributed by atoms with Crippen LogP contribution in [0.5, 0.6) is 0 Å². The van der Waals surface area contributed by atoms with E-state index in [0.29, 0.717) is 5.56 Å². The lowest BCUT2D eigenvalue weighted by molar-refractivity contribution is -0.124. The van der Waals surface area contributed by atoms with Crippen LogP contribution in [0.25, 0.3) is 11.3 Å². The molecule has 0 saturated heterocycles. The van der Waals surface area contributed by atoms with Gasteiger partial charge in [-0.15, -0.1) is 0 Å². The fourth-order valence-corrected chi connectivity index (χ4v) is 3.84. The minimum atomic E-state index is -0.742. The molecule has 1 fully saturated rings. The van der Waals surface area contributed by atoms with Crippen LogP contribution in [0.4, 0.5) is 4.39 Å². The van der Waals surface area contributed by atoms with Crippen LogP contribution in [0, 0.1) is 25.6 Å². The zero-order valence-electron chi connectivity index (χ0n) is 14.8. The number of rotatable bonds is 3. The van der Waals surface area contributed by atoms with E-state index in [-0.39, 0.29) is 34.6 Å². The molecule has 2 atom stereocenters. The summed E-state index contributed by atoms with van der Waals surface area (Å²) in [5.74, 6) is -1.74. The lowest BCUT2D eigenvalue weighted by Gasteiger charge is -2.17. The van der Waals surface area contributed by atoms with Crippen LogP contribution in [0.15, 0.2) is 36.5 Å². The third-order valence-electron chi connectivity index (χ3n) is 4.78. The summed E-state index contributed by atoms with van der Waals surface area (Å²) in [5.41, 5.74) is 3.09. The predicted molar refractivity (Wildman–Crippen MR) is 99.8 cm³/mol. The van der Waals surface area contributed by atoms with Crippen molar-refractivity contribution in [2.45, 2.75) is 33.1 Å². The number of nitrogens with zero attached hydrogens (tertiary/aromatic N) is 1. The van der Waals surface area contributed by atoms with Crippen LogP contribution in [0.1, 0.15) is 36.0 Å². The van der Waals surface area contributed by atoms with Gasteiger partial charge in [0.15, 0.2) is 11.6 Å². The minimum Gasteiger partial charge on any atom is -0.298 e. The smallest absolute Gasteiger partial charge is 0.155 e. The third-order valence-corrected chi connectivity index (χ3v) is 4.99. The van der Waals surface area contributed by atoms with Crippen molar-refractivity contribution >= 4 is 23.2 Å². The summed E-state index contributed by atoms with van der Waals surface area (Å²) >= 11 is 5.77. The quantitative estimate of drug-likeness (QED) is 0.565. The van der Waals surface area contributed by atoms with Gasteiger partial charge in [0.1, 0.15) is 17.4 Å². The minimum absolute atomic E-state index is 0.0622. The first-order chi connectivity index (χ1) is 12.3. The van der Waals surface area contributed by atoms with Gasteiger partial charge >= 0.3 is 0 Å². The SMILES string of the molecule is C/C=C/[C@@H]1CC(=O)C(c2c(C)cc(-c3ncc(Cl)cc3F)cc2C)C1=O. The van der Waals surface area contributed by atoms with Crippen LogP contribution in [-0.4, -0.2) is 16.6 Å². The van der Waals surface area contributed by atoms with E-state index in [2.05, 4.69) is 4.98 Å². The van der Waals surface area contributed by atoms with Crippen molar-refractivity contribution in [2.75, 3.05) is 0 Å². The lowest BCUT2D eigenvalue weighted by atomic mass is 9.86. The number of pyridine rings is 1. The molecule has 5 heteroatoms. The summed E-state index contributed by atoms with van der Waals surface area (Å²) < 4.78 is 14.2. The van der Waals surface area contributed by atoms with E-state index in [1.807, 2.05) is 20.8 Å². The molecule has 1 aromatic carbocycles. The van der Waals surface area contributed by atoms with Crippen molar-refractivity contribution in [3.8, 4) is 11.3 Å². The van der Waals surface area contributed by atoms with E-state index in [4.69, 9.17) is 11.6 Å². The van der Waals surface area contributed by atoms with Crippen molar-refractivity contribution < 1.29 is 14.0 Å². The standard InChI is InChI=1S/C21H19ClFNO2/c1-4-5-13-8-17(25)19(21(13)26)18-11(2)6-14(7-12(18)3)20-16(23)9-15(22)10-24-20/h4-7,9-10,13,19H,8H2,1-3H3/b5-4+/t13-,19?/m1/s1. The van der Waals surface area contributed by atoms with Crippen LogP contribution in [0.2, 0.25) is 5.02 Å². The predicted octanol–water partition coefficient (Wildman–Crippen LogP) is 4.98. The number of hydrogen-bond acceptors (Lipinski definition) is 3. The Kier molecular flexibility index (Phi) is 5.05. The molecule has 3 rings (SSSR count). The molecule has 1 unspecified atom stereocenters. The second-order valence-corrected chi connectivity index (χ2v) is 7.08. The van der Waals surface area contributed by atoms with E-state index < -0.39 is 11.7 Å². The molecule has 1 saturated carbocycles. The molecule has 2 aromatic rings. The number of allylic oxidation sites excluding steroid dienone is 2. The van der Waals surface area contributed by atoms with Gasteiger partial charge < -0.3 is 0 Å². The van der Waals surface area contributed by atoms with Gasteiger partial charge in [-0.25, -0.2) is 4.39 Å². The van der Waals surface area contributed by atoms with Gasteiger partial charge in [0.25, 0.3) is 0 Å². The van der Waals surface area contributed by atoms with Gasteiger partial charge in [-0.3, -0.25) is 14.6 Å². The van der Waals surface area contributed by atoms with Gasteiger partial charge in [0.05, 0.1) is 5.02 Å². The van der Waals surface area contributed by atoms with Crippen molar-refractivity contribution in [1.82, 2.24) is 4.98 Å². The first-order valence-corrected chi connectivity index (χ1v) is 8.83. The van der Waals surface area contributed by atoms with E-state index in [1.54, 1.807) is 24.3 Å². The highest BCUT2D eigenvalue weighted by Gasteiger charge is 2.41. The number of benzene rings is 1. The maximum atomic E-state index is 14.2. The van der Waals surface area contributed by atoms with Crippen molar-refractivity contribution in [3.05, 3.63) is 64.1 Å². The molecule has 0 spiro atoms. The molecule has 0 radical (unpaired) electrons. The van der Waals surface area contributed by atoms with Crippen LogP contribution in [0.3, 0.4) is 0 Å². The van der Waals surface area contributed by atoms with E-state index in [0.717, 1.165) is 16.7 Å². The second kappa shape index (κ2) is 7.12. The van der Waals surface area contributed by atoms with Gasteiger partial charge in [0, 0.05) is 24.1 Å². The molecule has 0 N–H and O–H groups in total. The average molecular weight is 372 g/mol. The number of carbonyl (C=O) groups is 2. The molecule has 134 valence electrons. The molecule has 0 aliphatic heterocycles.